The highest BCUT2D eigenvalue weighted by molar-refractivity contribution is 9.10. The van der Waals surface area contributed by atoms with Gasteiger partial charge in [-0.05, 0) is 48.0 Å². The van der Waals surface area contributed by atoms with Crippen molar-refractivity contribution in [2.24, 2.45) is 0 Å². The van der Waals surface area contributed by atoms with Gasteiger partial charge in [-0.1, -0.05) is 12.1 Å². The van der Waals surface area contributed by atoms with Crippen molar-refractivity contribution < 1.29 is 9.59 Å². The Morgan fingerprint density at radius 1 is 1.30 bits per heavy atom. The normalized spacial score (nSPS) is 10.7. The van der Waals surface area contributed by atoms with Crippen LogP contribution in [0, 0.1) is 13.8 Å². The van der Waals surface area contributed by atoms with Crippen molar-refractivity contribution in [3.63, 3.8) is 0 Å². The van der Waals surface area contributed by atoms with Crippen LogP contribution in [0.3, 0.4) is 0 Å². The molecule has 0 bridgehead atoms. The van der Waals surface area contributed by atoms with Gasteiger partial charge in [0.15, 0.2) is 5.13 Å². The van der Waals surface area contributed by atoms with Crippen molar-refractivity contribution in [3.8, 4) is 5.13 Å². The average molecular weight is 447 g/mol. The highest BCUT2D eigenvalue weighted by Gasteiger charge is 2.22. The Labute approximate surface area is 170 Å². The lowest BCUT2D eigenvalue weighted by molar-refractivity contribution is -0.116. The number of carbonyl (C=O) groups excluding carboxylic acids is 2. The Bertz CT molecular complexity index is 982. The van der Waals surface area contributed by atoms with E-state index in [0.717, 1.165) is 21.0 Å². The van der Waals surface area contributed by atoms with Crippen molar-refractivity contribution >= 4 is 44.8 Å². The molecule has 0 atom stereocenters. The molecule has 0 saturated heterocycles. The zero-order chi connectivity index (χ0) is 19.6. The maximum absolute atomic E-state index is 12.9. The van der Waals surface area contributed by atoms with Gasteiger partial charge in [0.25, 0.3) is 5.91 Å². The Morgan fingerprint density at radius 2 is 2.04 bits per heavy atom. The monoisotopic (exact) mass is 446 g/mol. The molecule has 0 fully saturated rings. The summed E-state index contributed by atoms with van der Waals surface area (Å²) in [6.45, 7) is 3.78. The number of nitrogens with zero attached hydrogens (tertiary/aromatic N) is 3. The summed E-state index contributed by atoms with van der Waals surface area (Å²) in [5, 5.41) is 5.52. The SMILES string of the molecule is Cc1cc(C(=O)N(C)CC(=O)Nc2ccccc2Br)c(C)n1-c1nccs1. The third kappa shape index (κ3) is 4.12. The van der Waals surface area contributed by atoms with Crippen molar-refractivity contribution in [1.82, 2.24) is 14.5 Å². The Morgan fingerprint density at radius 3 is 2.70 bits per heavy atom. The Kier molecular flexibility index (Phi) is 5.76. The molecule has 8 heteroatoms. The van der Waals surface area contributed by atoms with E-state index in [1.165, 1.54) is 16.2 Å². The van der Waals surface area contributed by atoms with E-state index < -0.39 is 0 Å². The summed E-state index contributed by atoms with van der Waals surface area (Å²) >= 11 is 4.90. The molecule has 27 heavy (non-hydrogen) atoms. The third-order valence-electron chi connectivity index (χ3n) is 4.15. The molecule has 0 aliphatic heterocycles. The fraction of sp³-hybridized carbons (Fsp3) is 0.211. The van der Waals surface area contributed by atoms with E-state index >= 15 is 0 Å². The molecule has 2 amide bonds. The fourth-order valence-electron chi connectivity index (χ4n) is 2.85. The second-order valence-corrected chi connectivity index (χ2v) is 7.85. The Balaban J connectivity index is 1.73. The van der Waals surface area contributed by atoms with Crippen molar-refractivity contribution in [2.75, 3.05) is 18.9 Å². The predicted molar refractivity (Wildman–Crippen MR) is 111 cm³/mol. The average Bonchev–Trinajstić information content (AvgIpc) is 3.24. The minimum atomic E-state index is -0.258. The first-order valence-electron chi connectivity index (χ1n) is 8.27. The molecule has 0 aliphatic rings. The molecule has 0 aliphatic carbocycles. The van der Waals surface area contributed by atoms with Gasteiger partial charge < -0.3 is 10.2 Å². The summed E-state index contributed by atoms with van der Waals surface area (Å²) in [5.41, 5.74) is 2.98. The molecule has 0 spiro atoms. The molecule has 2 heterocycles. The maximum Gasteiger partial charge on any atom is 0.255 e. The molecular formula is C19H19BrN4O2S. The molecule has 6 nitrogen and oxygen atoms in total. The first-order valence-corrected chi connectivity index (χ1v) is 9.94. The largest absolute Gasteiger partial charge is 0.332 e. The quantitative estimate of drug-likeness (QED) is 0.643. The molecule has 1 aromatic carbocycles. The smallest absolute Gasteiger partial charge is 0.255 e. The lowest BCUT2D eigenvalue weighted by atomic mass is 10.2. The van der Waals surface area contributed by atoms with Crippen LogP contribution in [0.1, 0.15) is 21.7 Å². The van der Waals surface area contributed by atoms with Crippen LogP contribution in [0.2, 0.25) is 0 Å². The molecule has 140 valence electrons. The van der Waals surface area contributed by atoms with Gasteiger partial charge in [-0.3, -0.25) is 14.2 Å². The van der Waals surface area contributed by atoms with Crippen LogP contribution in [0.15, 0.2) is 46.4 Å². The minimum absolute atomic E-state index is 0.0406. The number of para-hydroxylation sites is 1. The fourth-order valence-corrected chi connectivity index (χ4v) is 3.98. The third-order valence-corrected chi connectivity index (χ3v) is 5.60. The van der Waals surface area contributed by atoms with Crippen LogP contribution in [0.25, 0.3) is 5.13 Å². The molecule has 2 aromatic heterocycles. The molecule has 1 N–H and O–H groups in total. The van der Waals surface area contributed by atoms with E-state index in [1.54, 1.807) is 19.3 Å². The van der Waals surface area contributed by atoms with Crippen molar-refractivity contribution in [3.05, 3.63) is 63.3 Å². The first kappa shape index (κ1) is 19.3. The molecule has 3 rings (SSSR count). The molecule has 0 radical (unpaired) electrons. The summed E-state index contributed by atoms with van der Waals surface area (Å²) in [4.78, 5) is 30.9. The van der Waals surface area contributed by atoms with E-state index in [0.29, 0.717) is 11.3 Å². The van der Waals surface area contributed by atoms with Crippen LogP contribution in [0.4, 0.5) is 5.69 Å². The number of carbonyl (C=O) groups is 2. The van der Waals surface area contributed by atoms with Gasteiger partial charge in [0, 0.05) is 34.5 Å². The number of benzene rings is 1. The number of likely N-dealkylation sites (N-methyl/N-ethyl adjacent to an activating group) is 1. The van der Waals surface area contributed by atoms with E-state index in [-0.39, 0.29) is 18.4 Å². The van der Waals surface area contributed by atoms with Gasteiger partial charge >= 0.3 is 0 Å². The second-order valence-electron chi connectivity index (χ2n) is 6.12. The number of amides is 2. The zero-order valence-electron chi connectivity index (χ0n) is 15.2. The van der Waals surface area contributed by atoms with Crippen LogP contribution in [-0.2, 0) is 4.79 Å². The molecule has 0 unspecified atom stereocenters. The van der Waals surface area contributed by atoms with Gasteiger partial charge in [-0.15, -0.1) is 11.3 Å². The number of hydrogen-bond acceptors (Lipinski definition) is 4. The number of aromatic nitrogens is 2. The number of anilines is 1. The standard InChI is InChI=1S/C19H19BrN4O2S/c1-12-10-14(13(2)24(12)19-21-8-9-27-19)18(26)23(3)11-17(25)22-16-7-5-4-6-15(16)20/h4-10H,11H2,1-3H3,(H,22,25). The van der Waals surface area contributed by atoms with Crippen LogP contribution >= 0.6 is 27.3 Å². The molecule has 0 saturated carbocycles. The topological polar surface area (TPSA) is 67.2 Å². The second kappa shape index (κ2) is 8.06. The van der Waals surface area contributed by atoms with E-state index in [1.807, 2.05) is 48.1 Å². The van der Waals surface area contributed by atoms with Gasteiger partial charge in [-0.2, -0.15) is 0 Å². The van der Waals surface area contributed by atoms with E-state index in [9.17, 15) is 9.59 Å². The summed E-state index contributed by atoms with van der Waals surface area (Å²) in [6, 6.07) is 9.18. The predicted octanol–water partition coefficient (Wildman–Crippen LogP) is 4.02. The van der Waals surface area contributed by atoms with Crippen molar-refractivity contribution in [2.45, 2.75) is 13.8 Å². The number of nitrogens with one attached hydrogen (secondary N) is 1. The summed E-state index contributed by atoms with van der Waals surface area (Å²) < 4.78 is 2.74. The minimum Gasteiger partial charge on any atom is -0.332 e. The van der Waals surface area contributed by atoms with Gasteiger partial charge in [0.05, 0.1) is 17.8 Å². The number of halogens is 1. The van der Waals surface area contributed by atoms with Crippen LogP contribution < -0.4 is 5.32 Å². The molecular weight excluding hydrogens is 428 g/mol. The molecule has 3 aromatic rings. The number of thiazole rings is 1. The lowest BCUT2D eigenvalue weighted by Gasteiger charge is -2.17. The zero-order valence-corrected chi connectivity index (χ0v) is 17.6. The first-order chi connectivity index (χ1) is 12.9. The summed E-state index contributed by atoms with van der Waals surface area (Å²) in [6.07, 6.45) is 1.73. The van der Waals surface area contributed by atoms with Gasteiger partial charge in [-0.25, -0.2) is 4.98 Å². The van der Waals surface area contributed by atoms with E-state index in [4.69, 9.17) is 0 Å². The van der Waals surface area contributed by atoms with Crippen molar-refractivity contribution in [1.29, 1.82) is 0 Å². The highest BCUT2D eigenvalue weighted by atomic mass is 79.9. The van der Waals surface area contributed by atoms with Crippen LogP contribution in [-0.4, -0.2) is 39.9 Å². The summed E-state index contributed by atoms with van der Waals surface area (Å²) in [5.74, 6) is -0.459. The van der Waals surface area contributed by atoms with Crippen LogP contribution in [0.5, 0.6) is 0 Å². The maximum atomic E-state index is 12.9. The van der Waals surface area contributed by atoms with Gasteiger partial charge in [0.2, 0.25) is 5.91 Å². The number of aryl methyl sites for hydroxylation is 1. The number of hydrogen-bond donors (Lipinski definition) is 1. The Hall–Kier alpha value is -2.45. The number of rotatable bonds is 5. The summed E-state index contributed by atoms with van der Waals surface area (Å²) in [7, 11) is 1.62. The lowest BCUT2D eigenvalue weighted by Crippen LogP contribution is -2.35. The highest BCUT2D eigenvalue weighted by Crippen LogP contribution is 2.23. The van der Waals surface area contributed by atoms with Gasteiger partial charge in [0.1, 0.15) is 0 Å². The van der Waals surface area contributed by atoms with E-state index in [2.05, 4.69) is 26.2 Å².